The van der Waals surface area contributed by atoms with Crippen LogP contribution in [-0.4, -0.2) is 40.4 Å². The molecule has 2 atom stereocenters. The van der Waals surface area contributed by atoms with E-state index in [2.05, 4.69) is 4.74 Å². The van der Waals surface area contributed by atoms with E-state index in [1.54, 1.807) is 0 Å². The van der Waals surface area contributed by atoms with Gasteiger partial charge >= 0.3 is 5.97 Å². The summed E-state index contributed by atoms with van der Waals surface area (Å²) in [6.45, 7) is -0.915. The summed E-state index contributed by atoms with van der Waals surface area (Å²) >= 11 is 0. The Morgan fingerprint density at radius 2 is 1.74 bits per heavy atom. The van der Waals surface area contributed by atoms with Crippen LogP contribution in [0.15, 0.2) is 0 Å². The molecule has 19 heavy (non-hydrogen) atoms. The Kier molecular flexibility index (Phi) is 2.71. The third kappa shape index (κ3) is 2.14. The zero-order valence-electron chi connectivity index (χ0n) is 10.6. The predicted molar refractivity (Wildman–Crippen MR) is 60.5 cm³/mol. The topological polar surface area (TPSA) is 66.8 Å². The van der Waals surface area contributed by atoms with E-state index in [-0.39, 0.29) is 25.2 Å². The number of hydrogen-bond acceptors (Lipinski definition) is 4. The molecule has 0 saturated heterocycles. The fourth-order valence-electron chi connectivity index (χ4n) is 4.86. The summed E-state index contributed by atoms with van der Waals surface area (Å²) in [4.78, 5) is 12.1. The van der Waals surface area contributed by atoms with Crippen molar-refractivity contribution in [1.29, 1.82) is 0 Å². The quantitative estimate of drug-likeness (QED) is 0.761. The molecule has 0 radical (unpaired) electrons. The van der Waals surface area contributed by atoms with E-state index < -0.39 is 35.6 Å². The van der Waals surface area contributed by atoms with E-state index in [1.807, 2.05) is 0 Å². The first-order chi connectivity index (χ1) is 8.74. The molecule has 0 aromatic carbocycles. The first-order valence-corrected chi connectivity index (χ1v) is 6.65. The summed E-state index contributed by atoms with van der Waals surface area (Å²) in [6, 6.07) is 0. The number of rotatable bonds is 3. The molecule has 0 spiro atoms. The lowest BCUT2D eigenvalue weighted by Crippen LogP contribution is -2.65. The van der Waals surface area contributed by atoms with Gasteiger partial charge in [0.25, 0.3) is 6.43 Å². The van der Waals surface area contributed by atoms with E-state index in [1.165, 1.54) is 0 Å². The average Bonchev–Trinajstić information content (AvgIpc) is 2.20. The molecule has 6 heteroatoms. The molecule has 2 N–H and O–H groups in total. The van der Waals surface area contributed by atoms with Gasteiger partial charge < -0.3 is 14.9 Å². The third-order valence-electron chi connectivity index (χ3n) is 4.78. The molecule has 0 aromatic heterocycles. The minimum atomic E-state index is -2.69. The highest BCUT2D eigenvalue weighted by Crippen LogP contribution is 2.63. The van der Waals surface area contributed by atoms with Crippen LogP contribution in [0.25, 0.3) is 0 Å². The van der Waals surface area contributed by atoms with Crippen LogP contribution >= 0.6 is 0 Å². The zero-order chi connectivity index (χ0) is 13.9. The van der Waals surface area contributed by atoms with Crippen LogP contribution < -0.4 is 0 Å². The van der Waals surface area contributed by atoms with Gasteiger partial charge in [-0.2, -0.15) is 0 Å². The molecule has 108 valence electrons. The highest BCUT2D eigenvalue weighted by atomic mass is 19.3. The molecule has 4 aliphatic rings. The van der Waals surface area contributed by atoms with Gasteiger partial charge in [0.1, 0.15) is 0 Å². The summed E-state index contributed by atoms with van der Waals surface area (Å²) in [5.41, 5.74) is -3.06. The van der Waals surface area contributed by atoms with Crippen LogP contribution in [0.3, 0.4) is 0 Å². The molecule has 2 unspecified atom stereocenters. The molecule has 4 fully saturated rings. The number of hydrogen-bond donors (Lipinski definition) is 2. The highest BCUT2D eigenvalue weighted by molar-refractivity contribution is 5.78. The van der Waals surface area contributed by atoms with Crippen LogP contribution in [0.4, 0.5) is 8.78 Å². The van der Waals surface area contributed by atoms with Crippen LogP contribution in [-0.2, 0) is 9.53 Å². The van der Waals surface area contributed by atoms with Crippen molar-refractivity contribution in [3.8, 4) is 0 Å². The number of halogens is 2. The molecular weight excluding hydrogens is 258 g/mol. The molecule has 4 nitrogen and oxygen atoms in total. The van der Waals surface area contributed by atoms with Crippen LogP contribution in [0.2, 0.25) is 0 Å². The van der Waals surface area contributed by atoms with E-state index in [0.29, 0.717) is 19.3 Å². The fraction of sp³-hybridized carbons (Fsp3) is 0.923. The molecule has 0 heterocycles. The summed E-state index contributed by atoms with van der Waals surface area (Å²) in [5, 5.41) is 20.9. The van der Waals surface area contributed by atoms with Gasteiger partial charge in [0.2, 0.25) is 0 Å². The monoisotopic (exact) mass is 276 g/mol. The normalized spacial score (nSPS) is 47.7. The van der Waals surface area contributed by atoms with Crippen molar-refractivity contribution in [2.24, 2.45) is 11.3 Å². The molecule has 0 amide bonds. The van der Waals surface area contributed by atoms with Crippen molar-refractivity contribution in [2.75, 3.05) is 6.61 Å². The lowest BCUT2D eigenvalue weighted by Gasteiger charge is -2.61. The maximum absolute atomic E-state index is 12.1. The van der Waals surface area contributed by atoms with Crippen molar-refractivity contribution >= 4 is 5.97 Å². The number of carbonyl (C=O) groups is 1. The second-order valence-corrected chi connectivity index (χ2v) is 6.73. The Morgan fingerprint density at radius 3 is 2.21 bits per heavy atom. The maximum Gasteiger partial charge on any atom is 0.312 e. The Balaban J connectivity index is 1.82. The van der Waals surface area contributed by atoms with Crippen LogP contribution in [0, 0.1) is 11.3 Å². The Labute approximate surface area is 109 Å². The van der Waals surface area contributed by atoms with Crippen LogP contribution in [0.5, 0.6) is 0 Å². The first kappa shape index (κ1) is 13.2. The Hall–Kier alpha value is -0.750. The molecular formula is C13H18F2O4. The number of esters is 1. The van der Waals surface area contributed by atoms with Gasteiger partial charge in [-0.1, -0.05) is 0 Å². The summed E-state index contributed by atoms with van der Waals surface area (Å²) in [5.74, 6) is -0.612. The van der Waals surface area contributed by atoms with Crippen molar-refractivity contribution in [3.05, 3.63) is 0 Å². The highest BCUT2D eigenvalue weighted by Gasteiger charge is 2.65. The van der Waals surface area contributed by atoms with E-state index in [0.717, 1.165) is 0 Å². The standard InChI is InChI=1S/C13H18F2O4/c14-9(15)4-19-10(16)11-1-8-2-12(17,5-11)7-13(18,3-8)6-11/h8-9,17-18H,1-7H2. The van der Waals surface area contributed by atoms with Gasteiger partial charge in [0, 0.05) is 6.42 Å². The van der Waals surface area contributed by atoms with Crippen molar-refractivity contribution < 1.29 is 28.5 Å². The molecule has 4 rings (SSSR count). The number of aliphatic hydroxyl groups is 2. The average molecular weight is 276 g/mol. The minimum Gasteiger partial charge on any atom is -0.459 e. The van der Waals surface area contributed by atoms with Gasteiger partial charge in [-0.15, -0.1) is 0 Å². The second kappa shape index (κ2) is 3.88. The lowest BCUT2D eigenvalue weighted by molar-refractivity contribution is -0.238. The van der Waals surface area contributed by atoms with Gasteiger partial charge in [0.05, 0.1) is 16.6 Å². The summed E-state index contributed by atoms with van der Waals surface area (Å²) in [6.07, 6.45) is -0.274. The summed E-state index contributed by atoms with van der Waals surface area (Å²) < 4.78 is 29.0. The minimum absolute atomic E-state index is 0.0744. The fourth-order valence-corrected chi connectivity index (χ4v) is 4.86. The number of ether oxygens (including phenoxy) is 1. The third-order valence-corrected chi connectivity index (χ3v) is 4.78. The van der Waals surface area contributed by atoms with Crippen LogP contribution in [0.1, 0.15) is 38.5 Å². The largest absolute Gasteiger partial charge is 0.459 e. The predicted octanol–water partition coefficient (Wildman–Crippen LogP) is 1.24. The number of carbonyl (C=O) groups excluding carboxylic acids is 1. The SMILES string of the molecule is O=C(OCC(F)F)C12CC3CC(O)(CC(O)(C3)C1)C2. The van der Waals surface area contributed by atoms with Crippen molar-refractivity contribution in [2.45, 2.75) is 56.2 Å². The molecule has 4 aliphatic carbocycles. The van der Waals surface area contributed by atoms with Gasteiger partial charge in [-0.3, -0.25) is 4.79 Å². The smallest absolute Gasteiger partial charge is 0.312 e. The summed E-state index contributed by atoms with van der Waals surface area (Å²) in [7, 11) is 0. The van der Waals surface area contributed by atoms with E-state index in [9.17, 15) is 23.8 Å². The van der Waals surface area contributed by atoms with E-state index >= 15 is 0 Å². The van der Waals surface area contributed by atoms with Crippen molar-refractivity contribution in [1.82, 2.24) is 0 Å². The lowest BCUT2D eigenvalue weighted by atomic mass is 9.46. The maximum atomic E-state index is 12.1. The van der Waals surface area contributed by atoms with Gasteiger partial charge in [-0.05, 0) is 38.0 Å². The zero-order valence-corrected chi connectivity index (χ0v) is 10.6. The van der Waals surface area contributed by atoms with Gasteiger partial charge in [-0.25, -0.2) is 8.78 Å². The second-order valence-electron chi connectivity index (χ2n) is 6.73. The first-order valence-electron chi connectivity index (χ1n) is 6.65. The van der Waals surface area contributed by atoms with E-state index in [4.69, 9.17) is 0 Å². The molecule has 4 saturated carbocycles. The molecule has 0 aliphatic heterocycles. The Morgan fingerprint density at radius 1 is 1.16 bits per heavy atom. The molecule has 0 aromatic rings. The van der Waals surface area contributed by atoms with Gasteiger partial charge in [0.15, 0.2) is 6.61 Å². The number of alkyl halides is 2. The Bertz CT molecular complexity index is 393. The molecule has 4 bridgehead atoms. The van der Waals surface area contributed by atoms with Crippen molar-refractivity contribution in [3.63, 3.8) is 0 Å².